The number of carboxylic acid groups (broad SMARTS) is 1. The van der Waals surface area contributed by atoms with Gasteiger partial charge in [-0.3, -0.25) is 4.79 Å². The zero-order valence-corrected chi connectivity index (χ0v) is 11.0. The molecule has 0 saturated carbocycles. The molecule has 0 aromatic carbocycles. The number of hydrogen-bond acceptors (Lipinski definition) is 4. The van der Waals surface area contributed by atoms with E-state index in [4.69, 9.17) is 5.11 Å². The van der Waals surface area contributed by atoms with Crippen molar-refractivity contribution in [2.45, 2.75) is 12.8 Å². The Bertz CT molecular complexity index is 424. The van der Waals surface area contributed by atoms with Crippen molar-refractivity contribution in [3.8, 4) is 0 Å². The van der Waals surface area contributed by atoms with Gasteiger partial charge in [-0.2, -0.15) is 11.8 Å². The molecule has 18 heavy (non-hydrogen) atoms. The number of unbranched alkanes of at least 4 members (excludes halogenated alkanes) is 1. The van der Waals surface area contributed by atoms with E-state index < -0.39 is 5.97 Å². The SMILES string of the molecule is CSCCCCNC(=O)c1ccnc(C(=O)O)c1. The molecule has 0 fully saturated rings. The molecule has 0 aliphatic heterocycles. The van der Waals surface area contributed by atoms with Crippen LogP contribution in [0, 0.1) is 0 Å². The van der Waals surface area contributed by atoms with Crippen LogP contribution in [0.2, 0.25) is 0 Å². The Labute approximate surface area is 110 Å². The van der Waals surface area contributed by atoms with E-state index in [9.17, 15) is 9.59 Å². The summed E-state index contributed by atoms with van der Waals surface area (Å²) < 4.78 is 0. The topological polar surface area (TPSA) is 79.3 Å². The van der Waals surface area contributed by atoms with Gasteiger partial charge in [0.1, 0.15) is 5.69 Å². The maximum atomic E-state index is 11.7. The fraction of sp³-hybridized carbons (Fsp3) is 0.417. The van der Waals surface area contributed by atoms with Gasteiger partial charge in [-0.15, -0.1) is 0 Å². The second kappa shape index (κ2) is 7.71. The summed E-state index contributed by atoms with van der Waals surface area (Å²) >= 11 is 1.78. The van der Waals surface area contributed by atoms with Crippen molar-refractivity contribution in [1.29, 1.82) is 0 Å². The Morgan fingerprint density at radius 3 is 2.89 bits per heavy atom. The van der Waals surface area contributed by atoms with Crippen molar-refractivity contribution in [3.05, 3.63) is 29.6 Å². The maximum Gasteiger partial charge on any atom is 0.354 e. The van der Waals surface area contributed by atoms with Gasteiger partial charge < -0.3 is 10.4 Å². The van der Waals surface area contributed by atoms with Gasteiger partial charge in [-0.05, 0) is 37.0 Å². The number of carboxylic acids is 1. The molecule has 0 spiro atoms. The summed E-state index contributed by atoms with van der Waals surface area (Å²) in [7, 11) is 0. The normalized spacial score (nSPS) is 10.1. The Hall–Kier alpha value is -1.56. The number of hydrogen-bond donors (Lipinski definition) is 2. The summed E-state index contributed by atoms with van der Waals surface area (Å²) in [5.74, 6) is -0.317. The molecular formula is C12H16N2O3S. The van der Waals surface area contributed by atoms with Crippen molar-refractivity contribution >= 4 is 23.6 Å². The molecule has 1 aromatic rings. The van der Waals surface area contributed by atoms with Crippen LogP contribution in [-0.4, -0.2) is 40.5 Å². The third-order valence-corrected chi connectivity index (χ3v) is 3.00. The van der Waals surface area contributed by atoms with Gasteiger partial charge in [0.25, 0.3) is 5.91 Å². The van der Waals surface area contributed by atoms with Crippen LogP contribution in [-0.2, 0) is 0 Å². The third kappa shape index (κ3) is 4.75. The van der Waals surface area contributed by atoms with Crippen LogP contribution in [0.15, 0.2) is 18.3 Å². The number of thioether (sulfide) groups is 1. The second-order valence-corrected chi connectivity index (χ2v) is 4.68. The van der Waals surface area contributed by atoms with E-state index in [0.717, 1.165) is 18.6 Å². The summed E-state index contributed by atoms with van der Waals surface area (Å²) in [6.45, 7) is 0.601. The number of aromatic carboxylic acids is 1. The predicted octanol–water partition coefficient (Wildman–Crippen LogP) is 1.65. The fourth-order valence-corrected chi connectivity index (χ4v) is 1.86. The quantitative estimate of drug-likeness (QED) is 0.735. The zero-order chi connectivity index (χ0) is 13.4. The number of nitrogens with one attached hydrogen (secondary N) is 1. The number of rotatable bonds is 7. The van der Waals surface area contributed by atoms with E-state index in [1.165, 1.54) is 18.3 Å². The number of nitrogens with zero attached hydrogens (tertiary/aromatic N) is 1. The standard InChI is InChI=1S/C12H16N2O3S/c1-18-7-3-2-5-14-11(15)9-4-6-13-10(8-9)12(16)17/h4,6,8H,2-3,5,7H2,1H3,(H,14,15)(H,16,17). The molecule has 6 heteroatoms. The van der Waals surface area contributed by atoms with Crippen molar-refractivity contribution in [2.24, 2.45) is 0 Å². The summed E-state index contributed by atoms with van der Waals surface area (Å²) in [6, 6.07) is 2.78. The average molecular weight is 268 g/mol. The Morgan fingerprint density at radius 1 is 1.44 bits per heavy atom. The van der Waals surface area contributed by atoms with Gasteiger partial charge in [0.2, 0.25) is 0 Å². The summed E-state index contributed by atoms with van der Waals surface area (Å²) in [6.07, 6.45) is 5.34. The minimum atomic E-state index is -1.13. The molecule has 0 aliphatic carbocycles. The first kappa shape index (κ1) is 14.5. The number of amides is 1. The second-order valence-electron chi connectivity index (χ2n) is 3.69. The molecule has 1 rings (SSSR count). The van der Waals surface area contributed by atoms with Crippen LogP contribution in [0.3, 0.4) is 0 Å². The van der Waals surface area contributed by atoms with E-state index in [1.54, 1.807) is 11.8 Å². The molecule has 0 saturated heterocycles. The number of carbonyl (C=O) groups is 2. The molecule has 1 heterocycles. The molecule has 1 aromatic heterocycles. The molecule has 0 bridgehead atoms. The Balaban J connectivity index is 2.46. The lowest BCUT2D eigenvalue weighted by molar-refractivity contribution is 0.0690. The van der Waals surface area contributed by atoms with E-state index in [-0.39, 0.29) is 11.6 Å². The van der Waals surface area contributed by atoms with E-state index >= 15 is 0 Å². The average Bonchev–Trinajstić information content (AvgIpc) is 2.38. The van der Waals surface area contributed by atoms with Gasteiger partial charge in [-0.1, -0.05) is 0 Å². The fourth-order valence-electron chi connectivity index (χ4n) is 1.36. The summed E-state index contributed by atoms with van der Waals surface area (Å²) in [5.41, 5.74) is 0.206. The van der Waals surface area contributed by atoms with Gasteiger partial charge >= 0.3 is 5.97 Å². The van der Waals surface area contributed by atoms with E-state index in [0.29, 0.717) is 12.1 Å². The highest BCUT2D eigenvalue weighted by molar-refractivity contribution is 7.98. The largest absolute Gasteiger partial charge is 0.477 e. The van der Waals surface area contributed by atoms with E-state index in [2.05, 4.69) is 10.3 Å². The van der Waals surface area contributed by atoms with Crippen LogP contribution >= 0.6 is 11.8 Å². The highest BCUT2D eigenvalue weighted by atomic mass is 32.2. The van der Waals surface area contributed by atoms with Crippen molar-refractivity contribution < 1.29 is 14.7 Å². The predicted molar refractivity (Wildman–Crippen MR) is 71.1 cm³/mol. The molecule has 0 atom stereocenters. The molecule has 98 valence electrons. The first-order valence-electron chi connectivity index (χ1n) is 5.61. The summed E-state index contributed by atoms with van der Waals surface area (Å²) in [5, 5.41) is 11.5. The highest BCUT2D eigenvalue weighted by Crippen LogP contribution is 2.03. The molecule has 0 aliphatic rings. The van der Waals surface area contributed by atoms with Crippen LogP contribution in [0.25, 0.3) is 0 Å². The van der Waals surface area contributed by atoms with Crippen LogP contribution in [0.5, 0.6) is 0 Å². The number of pyridine rings is 1. The van der Waals surface area contributed by atoms with Gasteiger partial charge in [0.05, 0.1) is 0 Å². The van der Waals surface area contributed by atoms with E-state index in [1.807, 2.05) is 6.26 Å². The third-order valence-electron chi connectivity index (χ3n) is 2.30. The smallest absolute Gasteiger partial charge is 0.354 e. The lowest BCUT2D eigenvalue weighted by Gasteiger charge is -2.05. The lowest BCUT2D eigenvalue weighted by atomic mass is 10.2. The minimum absolute atomic E-state index is 0.120. The minimum Gasteiger partial charge on any atom is -0.477 e. The van der Waals surface area contributed by atoms with Crippen LogP contribution in [0.1, 0.15) is 33.7 Å². The number of carbonyl (C=O) groups excluding carboxylic acids is 1. The van der Waals surface area contributed by atoms with Gasteiger partial charge in [0.15, 0.2) is 0 Å². The first-order valence-corrected chi connectivity index (χ1v) is 7.01. The van der Waals surface area contributed by atoms with Crippen LogP contribution in [0.4, 0.5) is 0 Å². The molecular weight excluding hydrogens is 252 g/mol. The number of aromatic nitrogens is 1. The highest BCUT2D eigenvalue weighted by Gasteiger charge is 2.09. The van der Waals surface area contributed by atoms with Crippen molar-refractivity contribution in [1.82, 2.24) is 10.3 Å². The molecule has 0 unspecified atom stereocenters. The Kier molecular flexibility index (Phi) is 6.21. The van der Waals surface area contributed by atoms with Crippen LogP contribution < -0.4 is 5.32 Å². The monoisotopic (exact) mass is 268 g/mol. The first-order chi connectivity index (χ1) is 8.65. The van der Waals surface area contributed by atoms with Gasteiger partial charge in [0, 0.05) is 18.3 Å². The summed E-state index contributed by atoms with van der Waals surface area (Å²) in [4.78, 5) is 26.1. The molecule has 1 amide bonds. The molecule has 5 nitrogen and oxygen atoms in total. The zero-order valence-electron chi connectivity index (χ0n) is 10.2. The Morgan fingerprint density at radius 2 is 2.22 bits per heavy atom. The van der Waals surface area contributed by atoms with Gasteiger partial charge in [-0.25, -0.2) is 9.78 Å². The van der Waals surface area contributed by atoms with Crippen molar-refractivity contribution in [2.75, 3.05) is 18.6 Å². The maximum absolute atomic E-state index is 11.7. The lowest BCUT2D eigenvalue weighted by Crippen LogP contribution is -2.24. The molecule has 0 radical (unpaired) electrons. The van der Waals surface area contributed by atoms with Crippen molar-refractivity contribution in [3.63, 3.8) is 0 Å². The molecule has 2 N–H and O–H groups in total.